The van der Waals surface area contributed by atoms with Crippen LogP contribution in [0.1, 0.15) is 6.42 Å². The molecule has 0 aromatic rings. The molecular weight excluding hydrogens is 320 g/mol. The molecule has 0 fully saturated rings. The monoisotopic (exact) mass is 338 g/mol. The summed E-state index contributed by atoms with van der Waals surface area (Å²) in [6.07, 6.45) is -0.374. The summed E-state index contributed by atoms with van der Waals surface area (Å²) in [6.45, 7) is 0. The van der Waals surface area contributed by atoms with Gasteiger partial charge in [0.15, 0.2) is 0 Å². The SMILES string of the molecule is NC(=O)CC(N)C(=O)NC(CS)C(=O)NC(CS)C(=O)O. The van der Waals surface area contributed by atoms with Crippen molar-refractivity contribution in [1.82, 2.24) is 10.6 Å². The predicted molar refractivity (Wildman–Crippen MR) is 81.0 cm³/mol. The second kappa shape index (κ2) is 9.47. The number of hydrogen-bond donors (Lipinski definition) is 7. The zero-order chi connectivity index (χ0) is 16.6. The number of carboxylic acid groups (broad SMARTS) is 1. The first-order chi connectivity index (χ1) is 9.72. The van der Waals surface area contributed by atoms with E-state index >= 15 is 0 Å². The van der Waals surface area contributed by atoms with Crippen molar-refractivity contribution in [2.75, 3.05) is 11.5 Å². The summed E-state index contributed by atoms with van der Waals surface area (Å²) in [5, 5.41) is 13.3. The van der Waals surface area contributed by atoms with Crippen molar-refractivity contribution in [2.45, 2.75) is 24.5 Å². The van der Waals surface area contributed by atoms with E-state index in [2.05, 4.69) is 35.9 Å². The number of primary amides is 1. The van der Waals surface area contributed by atoms with E-state index in [1.165, 1.54) is 0 Å². The maximum absolute atomic E-state index is 11.8. The van der Waals surface area contributed by atoms with E-state index in [0.717, 1.165) is 0 Å². The summed E-state index contributed by atoms with van der Waals surface area (Å²) < 4.78 is 0. The van der Waals surface area contributed by atoms with Gasteiger partial charge in [-0.2, -0.15) is 25.3 Å². The number of thiol groups is 2. The third-order valence-electron chi connectivity index (χ3n) is 2.37. The van der Waals surface area contributed by atoms with Gasteiger partial charge in [0.1, 0.15) is 12.1 Å². The highest BCUT2D eigenvalue weighted by Gasteiger charge is 2.26. The highest BCUT2D eigenvalue weighted by Crippen LogP contribution is 1.96. The van der Waals surface area contributed by atoms with E-state index in [1.807, 2.05) is 0 Å². The molecule has 21 heavy (non-hydrogen) atoms. The zero-order valence-electron chi connectivity index (χ0n) is 11.0. The topological polar surface area (TPSA) is 165 Å². The molecule has 0 rings (SSSR count). The lowest BCUT2D eigenvalue weighted by atomic mass is 10.2. The summed E-state index contributed by atoms with van der Waals surface area (Å²) in [5.41, 5.74) is 10.3. The van der Waals surface area contributed by atoms with Crippen molar-refractivity contribution in [3.63, 3.8) is 0 Å². The van der Waals surface area contributed by atoms with Crippen molar-refractivity contribution in [3.8, 4) is 0 Å². The molecule has 0 saturated carbocycles. The van der Waals surface area contributed by atoms with Gasteiger partial charge in [-0.15, -0.1) is 0 Å². The van der Waals surface area contributed by atoms with E-state index < -0.39 is 41.8 Å². The van der Waals surface area contributed by atoms with Crippen LogP contribution in [0.5, 0.6) is 0 Å². The lowest BCUT2D eigenvalue weighted by Crippen LogP contribution is -2.56. The number of nitrogens with one attached hydrogen (secondary N) is 2. The van der Waals surface area contributed by atoms with Gasteiger partial charge >= 0.3 is 5.97 Å². The van der Waals surface area contributed by atoms with Crippen molar-refractivity contribution < 1.29 is 24.3 Å². The number of aliphatic carboxylic acids is 1. The summed E-state index contributed by atoms with van der Waals surface area (Å²) in [4.78, 5) is 44.9. The fourth-order valence-corrected chi connectivity index (χ4v) is 1.74. The molecule has 0 aromatic carbocycles. The quantitative estimate of drug-likeness (QED) is 0.223. The van der Waals surface area contributed by atoms with Gasteiger partial charge in [0.2, 0.25) is 17.7 Å². The summed E-state index contributed by atoms with van der Waals surface area (Å²) in [7, 11) is 0. The van der Waals surface area contributed by atoms with Crippen molar-refractivity contribution in [2.24, 2.45) is 11.5 Å². The Morgan fingerprint density at radius 1 is 1.00 bits per heavy atom. The minimum Gasteiger partial charge on any atom is -0.480 e. The van der Waals surface area contributed by atoms with Crippen LogP contribution in [0, 0.1) is 0 Å². The van der Waals surface area contributed by atoms with Gasteiger partial charge in [0, 0.05) is 11.5 Å². The molecule has 0 heterocycles. The van der Waals surface area contributed by atoms with E-state index in [1.54, 1.807) is 0 Å². The number of carboxylic acids is 1. The van der Waals surface area contributed by atoms with Gasteiger partial charge in [0.25, 0.3) is 0 Å². The summed E-state index contributed by atoms with van der Waals surface area (Å²) in [5.74, 6) is -3.72. The lowest BCUT2D eigenvalue weighted by molar-refractivity contribution is -0.141. The minimum absolute atomic E-state index is 0.0836. The van der Waals surface area contributed by atoms with Gasteiger partial charge < -0.3 is 27.2 Å². The Morgan fingerprint density at radius 2 is 1.48 bits per heavy atom. The molecule has 0 bridgehead atoms. The number of carbonyl (C=O) groups is 4. The number of carbonyl (C=O) groups excluding carboxylic acids is 3. The van der Waals surface area contributed by atoms with Crippen molar-refractivity contribution in [3.05, 3.63) is 0 Å². The van der Waals surface area contributed by atoms with Crippen LogP contribution >= 0.6 is 25.3 Å². The summed E-state index contributed by atoms with van der Waals surface area (Å²) in [6, 6.07) is -3.49. The standard InChI is InChI=1S/C10H18N4O5S2/c11-4(1-7(12)15)8(16)13-5(2-20)9(17)14-6(3-21)10(18)19/h4-6,20-21H,1-3,11H2,(H2,12,15)(H,13,16)(H,14,17)(H,18,19). The van der Waals surface area contributed by atoms with E-state index in [0.29, 0.717) is 0 Å². The van der Waals surface area contributed by atoms with Crippen LogP contribution in [-0.2, 0) is 19.2 Å². The van der Waals surface area contributed by atoms with Crippen LogP contribution in [0.15, 0.2) is 0 Å². The van der Waals surface area contributed by atoms with Crippen LogP contribution in [0.25, 0.3) is 0 Å². The molecule has 0 saturated heterocycles. The Labute approximate surface area is 132 Å². The van der Waals surface area contributed by atoms with E-state index in [9.17, 15) is 19.2 Å². The molecule has 0 radical (unpaired) electrons. The maximum Gasteiger partial charge on any atom is 0.327 e. The summed E-state index contributed by atoms with van der Waals surface area (Å²) >= 11 is 7.69. The third-order valence-corrected chi connectivity index (χ3v) is 3.10. The third kappa shape index (κ3) is 7.20. The Bertz CT molecular complexity index is 420. The number of rotatable bonds is 9. The molecule has 120 valence electrons. The van der Waals surface area contributed by atoms with Gasteiger partial charge in [-0.25, -0.2) is 4.79 Å². The Kier molecular flexibility index (Phi) is 8.81. The highest BCUT2D eigenvalue weighted by atomic mass is 32.1. The molecule has 0 aliphatic heterocycles. The van der Waals surface area contributed by atoms with Crippen LogP contribution in [-0.4, -0.2) is 58.4 Å². The van der Waals surface area contributed by atoms with E-state index in [4.69, 9.17) is 16.6 Å². The average Bonchev–Trinajstić information content (AvgIpc) is 2.40. The Morgan fingerprint density at radius 3 is 1.86 bits per heavy atom. The van der Waals surface area contributed by atoms with Gasteiger partial charge in [-0.1, -0.05) is 0 Å². The molecule has 11 heteroatoms. The van der Waals surface area contributed by atoms with Crippen LogP contribution in [0.3, 0.4) is 0 Å². The fourth-order valence-electron chi connectivity index (χ4n) is 1.24. The van der Waals surface area contributed by atoms with Crippen LogP contribution < -0.4 is 22.1 Å². The van der Waals surface area contributed by atoms with Gasteiger partial charge in [-0.05, 0) is 0 Å². The van der Waals surface area contributed by atoms with Crippen LogP contribution in [0.4, 0.5) is 0 Å². The second-order valence-electron chi connectivity index (χ2n) is 4.10. The second-order valence-corrected chi connectivity index (χ2v) is 4.83. The van der Waals surface area contributed by atoms with Crippen molar-refractivity contribution >= 4 is 48.9 Å². The molecule has 0 spiro atoms. The van der Waals surface area contributed by atoms with Gasteiger partial charge in [0.05, 0.1) is 12.5 Å². The Hall–Kier alpha value is -1.46. The molecule has 7 N–H and O–H groups in total. The van der Waals surface area contributed by atoms with Crippen LogP contribution in [0.2, 0.25) is 0 Å². The van der Waals surface area contributed by atoms with Gasteiger partial charge in [-0.3, -0.25) is 14.4 Å². The molecule has 0 aliphatic carbocycles. The molecule has 3 atom stereocenters. The minimum atomic E-state index is -1.26. The molecule has 0 aliphatic rings. The number of nitrogens with two attached hydrogens (primary N) is 2. The number of amides is 3. The first-order valence-electron chi connectivity index (χ1n) is 5.82. The highest BCUT2D eigenvalue weighted by molar-refractivity contribution is 7.80. The number of hydrogen-bond acceptors (Lipinski definition) is 7. The molecular formula is C10H18N4O5S2. The van der Waals surface area contributed by atoms with Crippen molar-refractivity contribution in [1.29, 1.82) is 0 Å². The molecule has 9 nitrogen and oxygen atoms in total. The molecule has 3 unspecified atom stereocenters. The lowest BCUT2D eigenvalue weighted by Gasteiger charge is -2.20. The largest absolute Gasteiger partial charge is 0.480 e. The normalized spacial score (nSPS) is 14.6. The fraction of sp³-hybridized carbons (Fsp3) is 0.600. The molecule has 3 amide bonds. The Balaban J connectivity index is 4.63. The predicted octanol–water partition coefficient (Wildman–Crippen LogP) is -2.90. The molecule has 0 aromatic heterocycles. The van der Waals surface area contributed by atoms with E-state index in [-0.39, 0.29) is 17.9 Å². The zero-order valence-corrected chi connectivity index (χ0v) is 12.8. The first-order valence-corrected chi connectivity index (χ1v) is 7.08. The average molecular weight is 338 g/mol. The smallest absolute Gasteiger partial charge is 0.327 e. The first kappa shape index (κ1) is 19.5. The maximum atomic E-state index is 11.8.